The van der Waals surface area contributed by atoms with Crippen LogP contribution in [0.4, 0.5) is 5.69 Å². The lowest BCUT2D eigenvalue weighted by atomic mass is 10.1. The summed E-state index contributed by atoms with van der Waals surface area (Å²) in [5.41, 5.74) is -0.421. The maximum atomic E-state index is 11.7. The Bertz CT molecular complexity index is 737. The van der Waals surface area contributed by atoms with Gasteiger partial charge >= 0.3 is 0 Å². The zero-order valence-electron chi connectivity index (χ0n) is 8.81. The summed E-state index contributed by atoms with van der Waals surface area (Å²) in [6.07, 6.45) is 0. The van der Waals surface area contributed by atoms with Gasteiger partial charge in [0.15, 0.2) is 9.84 Å². The molecule has 0 fully saturated rings. The third-order valence-corrected chi connectivity index (χ3v) is 5.88. The molecule has 0 saturated carbocycles. The molecule has 1 atom stereocenters. The SMILES string of the molecule is NS(=O)(=O)C1CS(=O)(=O)c2cc([N+](=O)[O-])ccc21. The second-order valence-electron chi connectivity index (χ2n) is 3.84. The molecule has 1 aromatic rings. The molecule has 0 saturated heterocycles. The average molecular weight is 292 g/mol. The first-order valence-corrected chi connectivity index (χ1v) is 7.92. The van der Waals surface area contributed by atoms with Crippen LogP contribution in [-0.4, -0.2) is 27.5 Å². The van der Waals surface area contributed by atoms with Crippen LogP contribution in [0.2, 0.25) is 0 Å². The molecule has 98 valence electrons. The molecular formula is C8H8N2O6S2. The van der Waals surface area contributed by atoms with E-state index >= 15 is 0 Å². The molecule has 0 radical (unpaired) electrons. The number of fused-ring (bicyclic) bond motifs is 1. The van der Waals surface area contributed by atoms with E-state index in [4.69, 9.17) is 5.14 Å². The van der Waals surface area contributed by atoms with Crippen molar-refractivity contribution in [3.63, 3.8) is 0 Å². The van der Waals surface area contributed by atoms with Crippen LogP contribution in [0.1, 0.15) is 10.8 Å². The van der Waals surface area contributed by atoms with E-state index in [9.17, 15) is 26.9 Å². The first-order chi connectivity index (χ1) is 8.13. The monoisotopic (exact) mass is 292 g/mol. The fraction of sp³-hybridized carbons (Fsp3) is 0.250. The first-order valence-electron chi connectivity index (χ1n) is 4.65. The van der Waals surface area contributed by atoms with E-state index in [1.54, 1.807) is 0 Å². The number of primary sulfonamides is 1. The lowest BCUT2D eigenvalue weighted by molar-refractivity contribution is -0.385. The van der Waals surface area contributed by atoms with Gasteiger partial charge in [-0.25, -0.2) is 22.0 Å². The van der Waals surface area contributed by atoms with Gasteiger partial charge in [-0.15, -0.1) is 0 Å². The van der Waals surface area contributed by atoms with E-state index in [1.165, 1.54) is 0 Å². The summed E-state index contributed by atoms with van der Waals surface area (Å²) in [6, 6.07) is 3.03. The predicted molar refractivity (Wildman–Crippen MR) is 61.0 cm³/mol. The molecule has 8 nitrogen and oxygen atoms in total. The van der Waals surface area contributed by atoms with Crippen molar-refractivity contribution >= 4 is 25.5 Å². The number of rotatable bonds is 2. The minimum Gasteiger partial charge on any atom is -0.258 e. The van der Waals surface area contributed by atoms with Gasteiger partial charge in [0, 0.05) is 12.1 Å². The summed E-state index contributed by atoms with van der Waals surface area (Å²) in [4.78, 5) is 9.47. The summed E-state index contributed by atoms with van der Waals surface area (Å²) in [5.74, 6) is -0.678. The van der Waals surface area contributed by atoms with Gasteiger partial charge in [0.2, 0.25) is 10.0 Å². The van der Waals surface area contributed by atoms with Crippen LogP contribution in [0.3, 0.4) is 0 Å². The number of nitro groups is 1. The molecular weight excluding hydrogens is 284 g/mol. The highest BCUT2D eigenvalue weighted by atomic mass is 32.2. The molecule has 0 spiro atoms. The third kappa shape index (κ3) is 1.98. The standard InChI is InChI=1S/C8H8N2O6S2/c9-18(15,16)8-4-17(13,14)7-3-5(10(11)12)1-2-6(7)8/h1-3,8H,4H2,(H2,9,15,16). The van der Waals surface area contributed by atoms with Crippen molar-refractivity contribution in [1.29, 1.82) is 0 Å². The van der Waals surface area contributed by atoms with E-state index < -0.39 is 41.5 Å². The maximum Gasteiger partial charge on any atom is 0.270 e. The van der Waals surface area contributed by atoms with Gasteiger partial charge < -0.3 is 0 Å². The van der Waals surface area contributed by atoms with Gasteiger partial charge in [-0.05, 0) is 11.6 Å². The number of sulfonamides is 1. The van der Waals surface area contributed by atoms with Crippen molar-refractivity contribution in [3.8, 4) is 0 Å². The molecule has 2 rings (SSSR count). The van der Waals surface area contributed by atoms with E-state index in [-0.39, 0.29) is 10.5 Å². The number of nitrogens with zero attached hydrogens (tertiary/aromatic N) is 1. The van der Waals surface area contributed by atoms with Crippen molar-refractivity contribution in [3.05, 3.63) is 33.9 Å². The minimum absolute atomic E-state index is 0.0110. The number of non-ortho nitro benzene ring substituents is 1. The lowest BCUT2D eigenvalue weighted by Gasteiger charge is -2.05. The highest BCUT2D eigenvalue weighted by molar-refractivity contribution is 7.95. The minimum atomic E-state index is -4.07. The maximum absolute atomic E-state index is 11.7. The molecule has 1 unspecified atom stereocenters. The van der Waals surface area contributed by atoms with Crippen molar-refractivity contribution in [2.75, 3.05) is 5.75 Å². The van der Waals surface area contributed by atoms with Crippen LogP contribution in [0.5, 0.6) is 0 Å². The quantitative estimate of drug-likeness (QED) is 0.587. The Kier molecular flexibility index (Phi) is 2.68. The van der Waals surface area contributed by atoms with Crippen molar-refractivity contribution in [1.82, 2.24) is 0 Å². The number of benzene rings is 1. The number of sulfone groups is 1. The van der Waals surface area contributed by atoms with E-state index in [2.05, 4.69) is 0 Å². The molecule has 18 heavy (non-hydrogen) atoms. The molecule has 10 heteroatoms. The van der Waals surface area contributed by atoms with Gasteiger partial charge in [0.1, 0.15) is 5.25 Å². The number of nitrogens with two attached hydrogens (primary N) is 1. The highest BCUT2D eigenvalue weighted by Gasteiger charge is 2.41. The van der Waals surface area contributed by atoms with E-state index in [0.717, 1.165) is 18.2 Å². The van der Waals surface area contributed by atoms with Crippen molar-refractivity contribution < 1.29 is 21.8 Å². The fourth-order valence-corrected chi connectivity index (χ4v) is 5.38. The summed E-state index contributed by atoms with van der Waals surface area (Å²) >= 11 is 0. The fourth-order valence-electron chi connectivity index (χ4n) is 1.82. The van der Waals surface area contributed by atoms with Crippen molar-refractivity contribution in [2.24, 2.45) is 5.14 Å². The Balaban J connectivity index is 2.72. The van der Waals surface area contributed by atoms with Gasteiger partial charge in [-0.3, -0.25) is 10.1 Å². The van der Waals surface area contributed by atoms with E-state index in [1.807, 2.05) is 0 Å². The molecule has 2 N–H and O–H groups in total. The van der Waals surface area contributed by atoms with Gasteiger partial charge in [0.05, 0.1) is 15.6 Å². The Hall–Kier alpha value is -1.52. The van der Waals surface area contributed by atoms with Gasteiger partial charge in [0.25, 0.3) is 5.69 Å². The molecule has 0 aromatic heterocycles. The molecule has 1 aliphatic rings. The molecule has 0 amide bonds. The Labute approximate surface area is 103 Å². The number of nitro benzene ring substituents is 1. The third-order valence-electron chi connectivity index (χ3n) is 2.66. The van der Waals surface area contributed by atoms with Crippen molar-refractivity contribution in [2.45, 2.75) is 10.1 Å². The second-order valence-corrected chi connectivity index (χ2v) is 7.59. The lowest BCUT2D eigenvalue weighted by Crippen LogP contribution is -2.22. The van der Waals surface area contributed by atoms with Crippen LogP contribution in [-0.2, 0) is 19.9 Å². The molecule has 1 aromatic carbocycles. The van der Waals surface area contributed by atoms with Crippen LogP contribution >= 0.6 is 0 Å². The van der Waals surface area contributed by atoms with E-state index in [0.29, 0.717) is 0 Å². The van der Waals surface area contributed by atoms with Crippen LogP contribution in [0, 0.1) is 10.1 Å². The number of hydrogen-bond acceptors (Lipinski definition) is 6. The topological polar surface area (TPSA) is 137 Å². The summed E-state index contributed by atoms with van der Waals surface area (Å²) in [5, 5.41) is 14.1. The van der Waals surface area contributed by atoms with Gasteiger partial charge in [-0.2, -0.15) is 0 Å². The summed E-state index contributed by atoms with van der Waals surface area (Å²) < 4.78 is 46.0. The highest BCUT2D eigenvalue weighted by Crippen LogP contribution is 2.38. The zero-order chi connectivity index (χ0) is 13.7. The van der Waals surface area contributed by atoms with Crippen LogP contribution in [0.15, 0.2) is 23.1 Å². The van der Waals surface area contributed by atoms with Crippen LogP contribution < -0.4 is 5.14 Å². The van der Waals surface area contributed by atoms with Gasteiger partial charge in [-0.1, -0.05) is 0 Å². The molecule has 1 aliphatic heterocycles. The molecule has 0 bridgehead atoms. The largest absolute Gasteiger partial charge is 0.270 e. The zero-order valence-corrected chi connectivity index (χ0v) is 10.4. The molecule has 0 aliphatic carbocycles. The van der Waals surface area contributed by atoms with Crippen LogP contribution in [0.25, 0.3) is 0 Å². The smallest absolute Gasteiger partial charge is 0.258 e. The Morgan fingerprint density at radius 3 is 2.50 bits per heavy atom. The first kappa shape index (κ1) is 12.9. The molecule has 1 heterocycles. The summed E-state index contributed by atoms with van der Waals surface area (Å²) in [6.45, 7) is 0. The summed E-state index contributed by atoms with van der Waals surface area (Å²) in [7, 11) is -7.93. The second kappa shape index (κ2) is 3.73. The Morgan fingerprint density at radius 1 is 1.39 bits per heavy atom. The normalized spacial score (nSPS) is 21.5. The average Bonchev–Trinajstić information content (AvgIpc) is 2.50. The predicted octanol–water partition coefficient (Wildman–Crippen LogP) is -0.288. The number of hydrogen-bond donors (Lipinski definition) is 1. The Morgan fingerprint density at radius 2 is 2.00 bits per heavy atom.